The van der Waals surface area contributed by atoms with Gasteiger partial charge >= 0.3 is 0 Å². The van der Waals surface area contributed by atoms with Gasteiger partial charge in [0.1, 0.15) is 5.88 Å². The van der Waals surface area contributed by atoms with Crippen molar-refractivity contribution in [1.82, 2.24) is 5.32 Å². The first-order valence-electron chi connectivity index (χ1n) is 5.92. The van der Waals surface area contributed by atoms with E-state index in [4.69, 9.17) is 11.6 Å². The van der Waals surface area contributed by atoms with Crippen LogP contribution in [0.15, 0.2) is 30.3 Å². The number of halogens is 1. The van der Waals surface area contributed by atoms with E-state index < -0.39 is 0 Å². The molecule has 1 heterocycles. The number of anilines is 1. The Labute approximate surface area is 107 Å². The molecule has 1 aromatic carbocycles. The summed E-state index contributed by atoms with van der Waals surface area (Å²) in [5, 5.41) is 2.85. The number of nitrogens with zero attached hydrogens (tertiary/aromatic N) is 1. The van der Waals surface area contributed by atoms with Crippen molar-refractivity contribution in [2.24, 2.45) is 5.92 Å². The van der Waals surface area contributed by atoms with Gasteiger partial charge in [0.25, 0.3) is 0 Å². The average Bonchev–Trinajstić information content (AvgIpc) is 2.86. The molecule has 1 aromatic rings. The fraction of sp³-hybridized carbons (Fsp3) is 0.462. The van der Waals surface area contributed by atoms with Gasteiger partial charge in [-0.15, -0.1) is 11.6 Å². The van der Waals surface area contributed by atoms with Crippen LogP contribution in [-0.4, -0.2) is 31.4 Å². The molecule has 1 atom stereocenters. The van der Waals surface area contributed by atoms with Crippen LogP contribution in [-0.2, 0) is 4.79 Å². The van der Waals surface area contributed by atoms with Crippen molar-refractivity contribution in [3.8, 4) is 0 Å². The van der Waals surface area contributed by atoms with Gasteiger partial charge in [-0.2, -0.15) is 0 Å². The molecule has 0 aliphatic carbocycles. The van der Waals surface area contributed by atoms with Crippen molar-refractivity contribution in [2.75, 3.05) is 30.4 Å². The van der Waals surface area contributed by atoms with Gasteiger partial charge in [-0.05, 0) is 24.5 Å². The molecule has 1 saturated heterocycles. The highest BCUT2D eigenvalue weighted by molar-refractivity contribution is 6.27. The summed E-state index contributed by atoms with van der Waals surface area (Å²) in [6.07, 6.45) is 1.12. The zero-order chi connectivity index (χ0) is 12.1. The first-order valence-corrected chi connectivity index (χ1v) is 6.45. The number of amides is 1. The summed E-state index contributed by atoms with van der Waals surface area (Å²) >= 11 is 5.44. The summed E-state index contributed by atoms with van der Waals surface area (Å²) in [6.45, 7) is 2.80. The van der Waals surface area contributed by atoms with Gasteiger partial charge in [0.05, 0.1) is 0 Å². The van der Waals surface area contributed by atoms with Crippen LogP contribution in [0.5, 0.6) is 0 Å². The molecule has 0 spiro atoms. The van der Waals surface area contributed by atoms with Crippen molar-refractivity contribution >= 4 is 23.2 Å². The molecule has 2 rings (SSSR count). The predicted molar refractivity (Wildman–Crippen MR) is 70.5 cm³/mol. The molecule has 0 radical (unpaired) electrons. The highest BCUT2D eigenvalue weighted by Crippen LogP contribution is 2.22. The molecule has 1 amide bonds. The lowest BCUT2D eigenvalue weighted by atomic mass is 10.1. The number of hydrogen-bond donors (Lipinski definition) is 1. The number of rotatable bonds is 4. The smallest absolute Gasteiger partial charge is 0.234 e. The largest absolute Gasteiger partial charge is 0.371 e. The molecule has 1 aliphatic rings. The maximum Gasteiger partial charge on any atom is 0.234 e. The monoisotopic (exact) mass is 252 g/mol. The average molecular weight is 253 g/mol. The van der Waals surface area contributed by atoms with Crippen LogP contribution in [0.25, 0.3) is 0 Å². The van der Waals surface area contributed by atoms with Crippen molar-refractivity contribution in [3.63, 3.8) is 0 Å². The first kappa shape index (κ1) is 12.2. The van der Waals surface area contributed by atoms with Crippen LogP contribution >= 0.6 is 11.6 Å². The van der Waals surface area contributed by atoms with E-state index in [2.05, 4.69) is 34.5 Å². The number of carbonyl (C=O) groups excluding carboxylic acids is 1. The quantitative estimate of drug-likeness (QED) is 0.830. The van der Waals surface area contributed by atoms with Crippen LogP contribution in [0.2, 0.25) is 0 Å². The summed E-state index contributed by atoms with van der Waals surface area (Å²) in [5.41, 5.74) is 1.26. The van der Waals surface area contributed by atoms with E-state index >= 15 is 0 Å². The minimum absolute atomic E-state index is 0.0507. The van der Waals surface area contributed by atoms with Gasteiger partial charge in [-0.25, -0.2) is 0 Å². The van der Waals surface area contributed by atoms with E-state index in [0.717, 1.165) is 26.1 Å². The lowest BCUT2D eigenvalue weighted by molar-refractivity contribution is -0.118. The Balaban J connectivity index is 1.82. The Kier molecular flexibility index (Phi) is 4.26. The molecule has 0 saturated carbocycles. The Morgan fingerprint density at radius 1 is 1.41 bits per heavy atom. The molecule has 0 aromatic heterocycles. The predicted octanol–water partition coefficient (Wildman–Crippen LogP) is 1.87. The van der Waals surface area contributed by atoms with Gasteiger partial charge in [0, 0.05) is 25.3 Å². The van der Waals surface area contributed by atoms with Crippen LogP contribution in [0.3, 0.4) is 0 Å². The zero-order valence-electron chi connectivity index (χ0n) is 9.73. The minimum atomic E-state index is -0.0789. The van der Waals surface area contributed by atoms with Gasteiger partial charge in [-0.3, -0.25) is 4.79 Å². The molecule has 1 N–H and O–H groups in total. The third-order valence-electron chi connectivity index (χ3n) is 3.12. The molecule has 17 heavy (non-hydrogen) atoms. The molecular formula is C13H17ClN2O. The highest BCUT2D eigenvalue weighted by atomic mass is 35.5. The Hall–Kier alpha value is -1.22. The van der Waals surface area contributed by atoms with E-state index in [1.807, 2.05) is 6.07 Å². The summed E-state index contributed by atoms with van der Waals surface area (Å²) in [5.74, 6) is 0.502. The van der Waals surface area contributed by atoms with Gasteiger partial charge in [-0.1, -0.05) is 18.2 Å². The number of alkyl halides is 1. The van der Waals surface area contributed by atoms with Crippen LogP contribution in [0, 0.1) is 5.92 Å². The highest BCUT2D eigenvalue weighted by Gasteiger charge is 2.22. The standard InChI is InChI=1S/C13H17ClN2O/c14-8-13(17)15-9-11-6-7-16(10-11)12-4-2-1-3-5-12/h1-5,11H,6-10H2,(H,15,17)/t11-/m1/s1. The number of para-hydroxylation sites is 1. The number of hydrogen-bond acceptors (Lipinski definition) is 2. The van der Waals surface area contributed by atoms with E-state index in [-0.39, 0.29) is 11.8 Å². The third-order valence-corrected chi connectivity index (χ3v) is 3.36. The fourth-order valence-electron chi connectivity index (χ4n) is 2.18. The Morgan fingerprint density at radius 3 is 2.88 bits per heavy atom. The van der Waals surface area contributed by atoms with E-state index in [1.165, 1.54) is 5.69 Å². The van der Waals surface area contributed by atoms with Crippen molar-refractivity contribution < 1.29 is 4.79 Å². The van der Waals surface area contributed by atoms with Gasteiger partial charge in [0.15, 0.2) is 0 Å². The molecule has 4 heteroatoms. The molecule has 0 bridgehead atoms. The van der Waals surface area contributed by atoms with Crippen molar-refractivity contribution in [3.05, 3.63) is 30.3 Å². The molecule has 92 valence electrons. The van der Waals surface area contributed by atoms with Crippen LogP contribution < -0.4 is 10.2 Å². The number of carbonyl (C=O) groups is 1. The second-order valence-electron chi connectivity index (χ2n) is 4.37. The fourth-order valence-corrected chi connectivity index (χ4v) is 2.27. The maximum absolute atomic E-state index is 11.1. The van der Waals surface area contributed by atoms with Crippen LogP contribution in [0.4, 0.5) is 5.69 Å². The van der Waals surface area contributed by atoms with Crippen LogP contribution in [0.1, 0.15) is 6.42 Å². The lowest BCUT2D eigenvalue weighted by Crippen LogP contribution is -2.31. The molecule has 3 nitrogen and oxygen atoms in total. The first-order chi connectivity index (χ1) is 8.29. The van der Waals surface area contributed by atoms with E-state index in [9.17, 15) is 4.79 Å². The number of benzene rings is 1. The minimum Gasteiger partial charge on any atom is -0.371 e. The Bertz CT molecular complexity index is 369. The van der Waals surface area contributed by atoms with Gasteiger partial charge < -0.3 is 10.2 Å². The number of nitrogens with one attached hydrogen (secondary N) is 1. The summed E-state index contributed by atoms with van der Waals surface area (Å²) < 4.78 is 0. The Morgan fingerprint density at radius 2 is 2.18 bits per heavy atom. The molecular weight excluding hydrogens is 236 g/mol. The van der Waals surface area contributed by atoms with E-state index in [1.54, 1.807) is 0 Å². The van der Waals surface area contributed by atoms with Crippen molar-refractivity contribution in [1.29, 1.82) is 0 Å². The molecule has 1 aliphatic heterocycles. The maximum atomic E-state index is 11.1. The normalized spacial score (nSPS) is 19.4. The summed E-state index contributed by atoms with van der Waals surface area (Å²) in [7, 11) is 0. The van der Waals surface area contributed by atoms with E-state index in [0.29, 0.717) is 5.92 Å². The summed E-state index contributed by atoms with van der Waals surface area (Å²) in [6, 6.07) is 10.4. The van der Waals surface area contributed by atoms with Crippen molar-refractivity contribution in [2.45, 2.75) is 6.42 Å². The third kappa shape index (κ3) is 3.37. The summed E-state index contributed by atoms with van der Waals surface area (Å²) in [4.78, 5) is 13.4. The second-order valence-corrected chi connectivity index (χ2v) is 4.64. The zero-order valence-corrected chi connectivity index (χ0v) is 10.5. The topological polar surface area (TPSA) is 32.3 Å². The molecule has 0 unspecified atom stereocenters. The second kappa shape index (κ2) is 5.92. The van der Waals surface area contributed by atoms with Gasteiger partial charge in [0.2, 0.25) is 5.91 Å². The lowest BCUT2D eigenvalue weighted by Gasteiger charge is -2.18. The molecule has 1 fully saturated rings. The SMILES string of the molecule is O=C(CCl)NC[C@H]1CCN(c2ccccc2)C1.